The van der Waals surface area contributed by atoms with Crippen LogP contribution in [-0.4, -0.2) is 9.97 Å². The maximum atomic E-state index is 6.38. The molecule has 0 N–H and O–H groups in total. The molecule has 2 nitrogen and oxygen atoms in total. The fourth-order valence-electron chi connectivity index (χ4n) is 1.44. The first-order valence-electron chi connectivity index (χ1n) is 4.71. The van der Waals surface area contributed by atoms with E-state index in [1.807, 2.05) is 23.8 Å². The maximum Gasteiger partial charge on any atom is 0.0794 e. The van der Waals surface area contributed by atoms with Crippen LogP contribution >= 0.6 is 22.9 Å². The van der Waals surface area contributed by atoms with Crippen LogP contribution in [0.1, 0.15) is 28.7 Å². The Hall–Kier alpha value is -0.930. The van der Waals surface area contributed by atoms with E-state index in [1.165, 1.54) is 5.56 Å². The van der Waals surface area contributed by atoms with Gasteiger partial charge in [0.05, 0.1) is 10.9 Å². The van der Waals surface area contributed by atoms with E-state index in [0.29, 0.717) is 0 Å². The van der Waals surface area contributed by atoms with E-state index in [1.54, 1.807) is 23.7 Å². The third kappa shape index (κ3) is 2.36. The van der Waals surface area contributed by atoms with Gasteiger partial charge in [-0.1, -0.05) is 6.92 Å². The lowest BCUT2D eigenvalue weighted by Gasteiger charge is -2.16. The highest BCUT2D eigenvalue weighted by molar-refractivity contribution is 7.09. The summed E-state index contributed by atoms with van der Waals surface area (Å²) in [6.07, 6.45) is 5.42. The molecule has 0 saturated heterocycles. The van der Waals surface area contributed by atoms with Crippen LogP contribution in [0.15, 0.2) is 36.2 Å². The Morgan fingerprint density at radius 3 is 2.60 bits per heavy atom. The third-order valence-electron chi connectivity index (χ3n) is 2.39. The summed E-state index contributed by atoms with van der Waals surface area (Å²) in [4.78, 5) is 9.15. The molecule has 2 atom stereocenters. The topological polar surface area (TPSA) is 25.8 Å². The highest BCUT2D eigenvalue weighted by Crippen LogP contribution is 2.37. The molecule has 0 bridgehead atoms. The van der Waals surface area contributed by atoms with Gasteiger partial charge in [0.1, 0.15) is 0 Å². The van der Waals surface area contributed by atoms with Crippen LogP contribution in [0.4, 0.5) is 0 Å². The van der Waals surface area contributed by atoms with Crippen molar-refractivity contribution in [2.45, 2.75) is 18.2 Å². The predicted molar refractivity (Wildman–Crippen MR) is 63.4 cm³/mol. The maximum absolute atomic E-state index is 6.38. The van der Waals surface area contributed by atoms with E-state index >= 15 is 0 Å². The van der Waals surface area contributed by atoms with Gasteiger partial charge < -0.3 is 0 Å². The van der Waals surface area contributed by atoms with Gasteiger partial charge in [0, 0.05) is 29.4 Å². The number of hydrogen-bond acceptors (Lipinski definition) is 3. The first-order chi connectivity index (χ1) is 7.29. The summed E-state index contributed by atoms with van der Waals surface area (Å²) in [5.41, 5.74) is 3.02. The van der Waals surface area contributed by atoms with Crippen molar-refractivity contribution in [3.63, 3.8) is 0 Å². The minimum atomic E-state index is -0.0140. The lowest BCUT2D eigenvalue weighted by Crippen LogP contribution is -2.00. The van der Waals surface area contributed by atoms with Gasteiger partial charge in [-0.3, -0.25) is 9.97 Å². The predicted octanol–water partition coefficient (Wildman–Crippen LogP) is 3.62. The Balaban J connectivity index is 2.18. The van der Waals surface area contributed by atoms with E-state index in [4.69, 9.17) is 11.6 Å². The molecular weight excluding hydrogens is 228 g/mol. The second-order valence-corrected chi connectivity index (χ2v) is 4.76. The zero-order valence-electron chi connectivity index (χ0n) is 8.30. The SMILES string of the molecule is CC(c1ccncc1)C(Cl)c1cncs1. The number of halogens is 1. The second kappa shape index (κ2) is 4.73. The smallest absolute Gasteiger partial charge is 0.0794 e. The molecule has 0 aliphatic heterocycles. The van der Waals surface area contributed by atoms with Crippen molar-refractivity contribution in [1.29, 1.82) is 0 Å². The average molecular weight is 239 g/mol. The van der Waals surface area contributed by atoms with Gasteiger partial charge in [-0.2, -0.15) is 0 Å². The van der Waals surface area contributed by atoms with E-state index < -0.39 is 0 Å². The van der Waals surface area contributed by atoms with Crippen LogP contribution in [0.25, 0.3) is 0 Å². The van der Waals surface area contributed by atoms with Crippen LogP contribution in [0, 0.1) is 0 Å². The Morgan fingerprint density at radius 2 is 2.00 bits per heavy atom. The summed E-state index contributed by atoms with van der Waals surface area (Å²) in [5, 5.41) is -0.0140. The third-order valence-corrected chi connectivity index (χ3v) is 4.00. The quantitative estimate of drug-likeness (QED) is 0.764. The summed E-state index contributed by atoms with van der Waals surface area (Å²) >= 11 is 7.98. The zero-order valence-corrected chi connectivity index (χ0v) is 9.87. The standard InChI is InChI=1S/C11H11ClN2S/c1-8(9-2-4-13-5-3-9)11(12)10-6-14-7-15-10/h2-8,11H,1H3. The van der Waals surface area contributed by atoms with Crippen LogP contribution < -0.4 is 0 Å². The molecule has 0 aromatic carbocycles. The van der Waals surface area contributed by atoms with Crippen LogP contribution in [0.2, 0.25) is 0 Å². The van der Waals surface area contributed by atoms with Crippen molar-refractivity contribution >= 4 is 22.9 Å². The Morgan fingerprint density at radius 1 is 1.27 bits per heavy atom. The van der Waals surface area contributed by atoms with Crippen LogP contribution in [0.5, 0.6) is 0 Å². The van der Waals surface area contributed by atoms with Gasteiger partial charge in [-0.15, -0.1) is 22.9 Å². The van der Waals surface area contributed by atoms with Crippen molar-refractivity contribution in [3.05, 3.63) is 46.7 Å². The molecule has 78 valence electrons. The Kier molecular flexibility index (Phi) is 3.34. The molecule has 2 heterocycles. The van der Waals surface area contributed by atoms with Gasteiger partial charge in [-0.25, -0.2) is 0 Å². The number of nitrogens with zero attached hydrogens (tertiary/aromatic N) is 2. The molecule has 0 amide bonds. The molecule has 0 aliphatic carbocycles. The van der Waals surface area contributed by atoms with E-state index in [0.717, 1.165) is 4.88 Å². The summed E-state index contributed by atoms with van der Waals surface area (Å²) in [7, 11) is 0. The fraction of sp³-hybridized carbons (Fsp3) is 0.273. The molecule has 15 heavy (non-hydrogen) atoms. The molecule has 0 radical (unpaired) electrons. The number of hydrogen-bond donors (Lipinski definition) is 0. The fourth-order valence-corrected chi connectivity index (χ4v) is 2.50. The molecule has 2 unspecified atom stereocenters. The van der Waals surface area contributed by atoms with Gasteiger partial charge in [0.2, 0.25) is 0 Å². The van der Waals surface area contributed by atoms with E-state index in [2.05, 4.69) is 16.9 Å². The lowest BCUT2D eigenvalue weighted by atomic mass is 9.98. The highest BCUT2D eigenvalue weighted by atomic mass is 35.5. The first kappa shape index (κ1) is 10.6. The van der Waals surface area contributed by atoms with Crippen molar-refractivity contribution in [2.75, 3.05) is 0 Å². The molecule has 2 rings (SSSR count). The molecule has 0 aliphatic rings. The lowest BCUT2D eigenvalue weighted by molar-refractivity contribution is 0.739. The van der Waals surface area contributed by atoms with Crippen molar-refractivity contribution in [2.24, 2.45) is 0 Å². The molecule has 2 aromatic rings. The largest absolute Gasteiger partial charge is 0.265 e. The molecule has 0 fully saturated rings. The minimum Gasteiger partial charge on any atom is -0.265 e. The molecule has 4 heteroatoms. The monoisotopic (exact) mass is 238 g/mol. The number of pyridine rings is 1. The molecule has 0 spiro atoms. The summed E-state index contributed by atoms with van der Waals surface area (Å²) in [6.45, 7) is 2.12. The number of rotatable bonds is 3. The van der Waals surface area contributed by atoms with Crippen molar-refractivity contribution < 1.29 is 0 Å². The summed E-state index contributed by atoms with van der Waals surface area (Å²) in [5.74, 6) is 0.273. The van der Waals surface area contributed by atoms with E-state index in [9.17, 15) is 0 Å². The summed E-state index contributed by atoms with van der Waals surface area (Å²) < 4.78 is 0. The van der Waals surface area contributed by atoms with Gasteiger partial charge >= 0.3 is 0 Å². The van der Waals surface area contributed by atoms with Gasteiger partial charge in [0.25, 0.3) is 0 Å². The van der Waals surface area contributed by atoms with E-state index in [-0.39, 0.29) is 11.3 Å². The summed E-state index contributed by atoms with van der Waals surface area (Å²) in [6, 6.07) is 4.00. The number of thiazole rings is 1. The molecular formula is C11H11ClN2S. The number of alkyl halides is 1. The Bertz CT molecular complexity index is 402. The number of aromatic nitrogens is 2. The van der Waals surface area contributed by atoms with Crippen LogP contribution in [0.3, 0.4) is 0 Å². The first-order valence-corrected chi connectivity index (χ1v) is 6.03. The second-order valence-electron chi connectivity index (χ2n) is 3.37. The Labute approximate surface area is 98.0 Å². The van der Waals surface area contributed by atoms with Gasteiger partial charge in [0.15, 0.2) is 0 Å². The normalized spacial score (nSPS) is 14.8. The highest BCUT2D eigenvalue weighted by Gasteiger charge is 2.19. The van der Waals surface area contributed by atoms with Crippen molar-refractivity contribution in [1.82, 2.24) is 9.97 Å². The van der Waals surface area contributed by atoms with Crippen molar-refractivity contribution in [3.8, 4) is 0 Å². The zero-order chi connectivity index (χ0) is 10.7. The molecule has 0 saturated carbocycles. The minimum absolute atomic E-state index is 0.0140. The van der Waals surface area contributed by atoms with Gasteiger partial charge in [-0.05, 0) is 17.7 Å². The molecule has 2 aromatic heterocycles. The van der Waals surface area contributed by atoms with Crippen LogP contribution in [-0.2, 0) is 0 Å². The average Bonchev–Trinajstić information content (AvgIpc) is 2.82.